The first kappa shape index (κ1) is 14.3. The Hall–Kier alpha value is -1.64. The third kappa shape index (κ3) is 3.34. The van der Waals surface area contributed by atoms with E-state index in [1.807, 2.05) is 6.07 Å². The average Bonchev–Trinajstić information content (AvgIpc) is 3.34. The van der Waals surface area contributed by atoms with Crippen molar-refractivity contribution in [1.29, 1.82) is 0 Å². The fourth-order valence-corrected chi connectivity index (χ4v) is 2.65. The minimum absolute atomic E-state index is 0.165. The standard InChI is InChI=1S/C19H23NO/c1-15(20-13-19(14-21)11-12-19)16-7-9-18(10-8-16)17-5-3-2-4-6-17/h2-10,15,20-21H,11-14H2,1H3. The largest absolute Gasteiger partial charge is 0.396 e. The number of hydrogen-bond donors (Lipinski definition) is 2. The summed E-state index contributed by atoms with van der Waals surface area (Å²) in [6.07, 6.45) is 2.30. The summed E-state index contributed by atoms with van der Waals surface area (Å²) >= 11 is 0. The summed E-state index contributed by atoms with van der Waals surface area (Å²) in [6.45, 7) is 3.40. The van der Waals surface area contributed by atoms with Gasteiger partial charge in [-0.3, -0.25) is 0 Å². The number of hydrogen-bond acceptors (Lipinski definition) is 2. The third-order valence-corrected chi connectivity index (χ3v) is 4.59. The number of benzene rings is 2. The van der Waals surface area contributed by atoms with E-state index in [4.69, 9.17) is 0 Å². The molecule has 2 aromatic rings. The van der Waals surface area contributed by atoms with Gasteiger partial charge in [-0.25, -0.2) is 0 Å². The summed E-state index contributed by atoms with van der Waals surface area (Å²) in [7, 11) is 0. The normalized spacial score (nSPS) is 17.4. The minimum Gasteiger partial charge on any atom is -0.396 e. The van der Waals surface area contributed by atoms with Crippen molar-refractivity contribution in [1.82, 2.24) is 5.32 Å². The predicted molar refractivity (Wildman–Crippen MR) is 87.0 cm³/mol. The Morgan fingerprint density at radius 1 is 1.00 bits per heavy atom. The van der Waals surface area contributed by atoms with Crippen molar-refractivity contribution in [3.05, 3.63) is 60.2 Å². The Labute approximate surface area is 126 Å². The topological polar surface area (TPSA) is 32.3 Å². The summed E-state index contributed by atoms with van der Waals surface area (Å²) < 4.78 is 0. The zero-order valence-electron chi connectivity index (χ0n) is 12.5. The lowest BCUT2D eigenvalue weighted by atomic mass is 10.0. The van der Waals surface area contributed by atoms with Gasteiger partial charge in [0.1, 0.15) is 0 Å². The fourth-order valence-electron chi connectivity index (χ4n) is 2.65. The molecule has 1 aliphatic carbocycles. The van der Waals surface area contributed by atoms with Crippen LogP contribution in [0.2, 0.25) is 0 Å². The monoisotopic (exact) mass is 281 g/mol. The summed E-state index contributed by atoms with van der Waals surface area (Å²) in [5.41, 5.74) is 3.96. The average molecular weight is 281 g/mol. The summed E-state index contributed by atoms with van der Waals surface area (Å²) in [5, 5.41) is 12.9. The van der Waals surface area contributed by atoms with Gasteiger partial charge < -0.3 is 10.4 Å². The second-order valence-electron chi connectivity index (χ2n) is 6.25. The van der Waals surface area contributed by atoms with Crippen LogP contribution in [-0.2, 0) is 0 Å². The van der Waals surface area contributed by atoms with Crippen molar-refractivity contribution in [2.45, 2.75) is 25.8 Å². The van der Waals surface area contributed by atoms with E-state index in [9.17, 15) is 5.11 Å². The minimum atomic E-state index is 0.165. The molecule has 21 heavy (non-hydrogen) atoms. The van der Waals surface area contributed by atoms with Crippen molar-refractivity contribution in [3.8, 4) is 11.1 Å². The van der Waals surface area contributed by atoms with Gasteiger partial charge in [-0.15, -0.1) is 0 Å². The molecule has 1 aliphatic rings. The molecule has 0 saturated heterocycles. The van der Waals surface area contributed by atoms with Crippen LogP contribution in [0.4, 0.5) is 0 Å². The molecule has 3 rings (SSSR count). The highest BCUT2D eigenvalue weighted by Gasteiger charge is 2.41. The van der Waals surface area contributed by atoms with Gasteiger partial charge in [0.2, 0.25) is 0 Å². The smallest absolute Gasteiger partial charge is 0.0499 e. The Balaban J connectivity index is 1.63. The molecule has 0 spiro atoms. The second kappa shape index (κ2) is 6.00. The third-order valence-electron chi connectivity index (χ3n) is 4.59. The van der Waals surface area contributed by atoms with Gasteiger partial charge >= 0.3 is 0 Å². The lowest BCUT2D eigenvalue weighted by molar-refractivity contribution is 0.204. The van der Waals surface area contributed by atoms with E-state index in [1.165, 1.54) is 16.7 Å². The number of aliphatic hydroxyl groups is 1. The van der Waals surface area contributed by atoms with Crippen LogP contribution in [0.1, 0.15) is 31.4 Å². The maximum atomic E-state index is 9.36. The highest BCUT2D eigenvalue weighted by atomic mass is 16.3. The first-order valence-corrected chi connectivity index (χ1v) is 7.72. The summed E-state index contributed by atoms with van der Waals surface area (Å²) in [6, 6.07) is 19.5. The molecular weight excluding hydrogens is 258 g/mol. The molecule has 1 unspecified atom stereocenters. The number of aliphatic hydroxyl groups excluding tert-OH is 1. The first-order valence-electron chi connectivity index (χ1n) is 7.72. The van der Waals surface area contributed by atoms with Gasteiger partial charge in [-0.2, -0.15) is 0 Å². The molecular formula is C19H23NO. The molecule has 0 heterocycles. The Bertz CT molecular complexity index is 572. The quantitative estimate of drug-likeness (QED) is 0.844. The van der Waals surface area contributed by atoms with Gasteiger partial charge in [0.25, 0.3) is 0 Å². The fraction of sp³-hybridized carbons (Fsp3) is 0.368. The van der Waals surface area contributed by atoms with Gasteiger partial charge in [0.15, 0.2) is 0 Å². The van der Waals surface area contributed by atoms with Crippen LogP contribution in [0.5, 0.6) is 0 Å². The highest BCUT2D eigenvalue weighted by Crippen LogP contribution is 2.44. The van der Waals surface area contributed by atoms with Crippen LogP contribution >= 0.6 is 0 Å². The molecule has 2 aromatic carbocycles. The number of nitrogens with one attached hydrogen (secondary N) is 1. The number of rotatable bonds is 6. The Morgan fingerprint density at radius 3 is 2.19 bits per heavy atom. The van der Waals surface area contributed by atoms with Gasteiger partial charge in [0.05, 0.1) is 0 Å². The molecule has 1 atom stereocenters. The van der Waals surface area contributed by atoms with E-state index in [-0.39, 0.29) is 5.41 Å². The van der Waals surface area contributed by atoms with Gasteiger partial charge in [-0.1, -0.05) is 54.6 Å². The van der Waals surface area contributed by atoms with E-state index in [1.54, 1.807) is 0 Å². The molecule has 0 amide bonds. The van der Waals surface area contributed by atoms with Crippen molar-refractivity contribution in [3.63, 3.8) is 0 Å². The molecule has 2 N–H and O–H groups in total. The summed E-state index contributed by atoms with van der Waals surface area (Å²) in [4.78, 5) is 0. The van der Waals surface area contributed by atoms with E-state index >= 15 is 0 Å². The Kier molecular flexibility index (Phi) is 4.09. The van der Waals surface area contributed by atoms with E-state index in [0.29, 0.717) is 12.6 Å². The molecule has 110 valence electrons. The molecule has 0 aromatic heterocycles. The van der Waals surface area contributed by atoms with Gasteiger partial charge in [0, 0.05) is 24.6 Å². The molecule has 0 bridgehead atoms. The Morgan fingerprint density at radius 2 is 1.62 bits per heavy atom. The maximum Gasteiger partial charge on any atom is 0.0499 e. The molecule has 0 aliphatic heterocycles. The van der Waals surface area contributed by atoms with Gasteiger partial charge in [-0.05, 0) is 36.5 Å². The lowest BCUT2D eigenvalue weighted by Crippen LogP contribution is -2.28. The molecule has 2 nitrogen and oxygen atoms in total. The van der Waals surface area contributed by atoms with E-state index < -0.39 is 0 Å². The van der Waals surface area contributed by atoms with Crippen molar-refractivity contribution in [2.24, 2.45) is 5.41 Å². The molecule has 1 saturated carbocycles. The zero-order chi connectivity index (χ0) is 14.7. The molecule has 2 heteroatoms. The molecule has 0 radical (unpaired) electrons. The zero-order valence-corrected chi connectivity index (χ0v) is 12.5. The first-order chi connectivity index (χ1) is 10.2. The van der Waals surface area contributed by atoms with Crippen LogP contribution in [0.15, 0.2) is 54.6 Å². The van der Waals surface area contributed by atoms with Crippen LogP contribution < -0.4 is 5.32 Å². The van der Waals surface area contributed by atoms with E-state index in [2.05, 4.69) is 60.8 Å². The second-order valence-corrected chi connectivity index (χ2v) is 6.25. The maximum absolute atomic E-state index is 9.36. The van der Waals surface area contributed by atoms with Crippen LogP contribution in [0.25, 0.3) is 11.1 Å². The van der Waals surface area contributed by atoms with E-state index in [0.717, 1.165) is 19.4 Å². The molecule has 1 fully saturated rings. The van der Waals surface area contributed by atoms with Crippen LogP contribution in [0, 0.1) is 5.41 Å². The van der Waals surface area contributed by atoms with Crippen LogP contribution in [0.3, 0.4) is 0 Å². The van der Waals surface area contributed by atoms with Crippen molar-refractivity contribution >= 4 is 0 Å². The summed E-state index contributed by atoms with van der Waals surface area (Å²) in [5.74, 6) is 0. The highest BCUT2D eigenvalue weighted by molar-refractivity contribution is 5.63. The van der Waals surface area contributed by atoms with Crippen LogP contribution in [-0.4, -0.2) is 18.3 Å². The predicted octanol–water partition coefficient (Wildman–Crippen LogP) is 3.78. The van der Waals surface area contributed by atoms with Crippen molar-refractivity contribution in [2.75, 3.05) is 13.2 Å². The SMILES string of the molecule is CC(NCC1(CO)CC1)c1ccc(-c2ccccc2)cc1. The van der Waals surface area contributed by atoms with Crippen molar-refractivity contribution < 1.29 is 5.11 Å². The lowest BCUT2D eigenvalue weighted by Gasteiger charge is -2.19.